The van der Waals surface area contributed by atoms with Crippen molar-refractivity contribution in [3.63, 3.8) is 0 Å². The van der Waals surface area contributed by atoms with E-state index < -0.39 is 10.0 Å². The van der Waals surface area contributed by atoms with Crippen LogP contribution in [-0.2, 0) is 21.2 Å². The van der Waals surface area contributed by atoms with Crippen LogP contribution < -0.4 is 5.32 Å². The minimum Gasteiger partial charge on any atom is -0.373 e. The topological polar surface area (TPSA) is 88.6 Å². The van der Waals surface area contributed by atoms with Crippen molar-refractivity contribution in [2.45, 2.75) is 32.5 Å². The Morgan fingerprint density at radius 1 is 1.25 bits per heavy atom. The molecule has 0 saturated carbocycles. The van der Waals surface area contributed by atoms with Gasteiger partial charge in [-0.3, -0.25) is 4.79 Å². The summed E-state index contributed by atoms with van der Waals surface area (Å²) in [6.07, 6.45) is 0.401. The van der Waals surface area contributed by atoms with Crippen molar-refractivity contribution in [3.8, 4) is 0 Å². The molecule has 0 radical (unpaired) electrons. The minimum atomic E-state index is -3.44. The van der Waals surface area contributed by atoms with Crippen LogP contribution in [0.2, 0.25) is 0 Å². The zero-order valence-electron chi connectivity index (χ0n) is 16.0. The molecule has 0 bridgehead atoms. The van der Waals surface area contributed by atoms with Gasteiger partial charge in [-0.05, 0) is 19.4 Å². The van der Waals surface area contributed by atoms with E-state index in [1.54, 1.807) is 5.38 Å². The van der Waals surface area contributed by atoms with E-state index in [0.717, 1.165) is 10.6 Å². The van der Waals surface area contributed by atoms with E-state index in [4.69, 9.17) is 4.74 Å². The molecule has 1 aromatic carbocycles. The Bertz CT molecular complexity index is 889. The third-order valence-electron chi connectivity index (χ3n) is 4.41. The van der Waals surface area contributed by atoms with Crippen LogP contribution in [0.25, 0.3) is 0 Å². The normalized spacial score (nSPS) is 20.8. The molecule has 7 nitrogen and oxygen atoms in total. The van der Waals surface area contributed by atoms with Gasteiger partial charge in [0, 0.05) is 31.4 Å². The lowest BCUT2D eigenvalue weighted by molar-refractivity contribution is -0.0440. The summed E-state index contributed by atoms with van der Waals surface area (Å²) in [5.41, 5.74) is 1.45. The first-order chi connectivity index (χ1) is 13.3. The summed E-state index contributed by atoms with van der Waals surface area (Å²) in [5, 5.41) is 5.21. The van der Waals surface area contributed by atoms with Crippen molar-refractivity contribution in [1.29, 1.82) is 0 Å². The highest BCUT2D eigenvalue weighted by Crippen LogP contribution is 2.16. The van der Waals surface area contributed by atoms with Crippen LogP contribution in [0.3, 0.4) is 0 Å². The molecule has 3 rings (SSSR count). The van der Waals surface area contributed by atoms with Gasteiger partial charge in [-0.15, -0.1) is 11.3 Å². The summed E-state index contributed by atoms with van der Waals surface area (Å²) in [5.74, 6) is -0.492. The maximum Gasteiger partial charge on any atom is 0.270 e. The number of amides is 1. The molecule has 0 aliphatic carbocycles. The predicted octanol–water partition coefficient (Wildman–Crippen LogP) is 1.90. The lowest BCUT2D eigenvalue weighted by Crippen LogP contribution is -2.49. The number of hydrogen-bond donors (Lipinski definition) is 1. The molecule has 0 spiro atoms. The van der Waals surface area contributed by atoms with Crippen molar-refractivity contribution >= 4 is 27.3 Å². The maximum absolute atomic E-state index is 12.5. The molecule has 28 heavy (non-hydrogen) atoms. The van der Waals surface area contributed by atoms with E-state index in [-0.39, 0.29) is 30.4 Å². The molecule has 2 atom stereocenters. The number of rotatable bonds is 7. The summed E-state index contributed by atoms with van der Waals surface area (Å²) in [4.78, 5) is 16.6. The summed E-state index contributed by atoms with van der Waals surface area (Å²) in [6, 6.07) is 9.91. The summed E-state index contributed by atoms with van der Waals surface area (Å²) in [7, 11) is -3.44. The number of hydrogen-bond acceptors (Lipinski definition) is 6. The third-order valence-corrected chi connectivity index (χ3v) is 7.06. The first-order valence-corrected chi connectivity index (χ1v) is 11.7. The molecule has 1 aliphatic heterocycles. The number of sulfonamides is 1. The Kier molecular flexibility index (Phi) is 6.82. The number of carbonyl (C=O) groups excluding carboxylic acids is 1. The van der Waals surface area contributed by atoms with Crippen molar-refractivity contribution < 1.29 is 17.9 Å². The average molecular weight is 424 g/mol. The summed E-state index contributed by atoms with van der Waals surface area (Å²) >= 11 is 1.42. The average Bonchev–Trinajstić information content (AvgIpc) is 3.10. The Morgan fingerprint density at radius 3 is 2.61 bits per heavy atom. The van der Waals surface area contributed by atoms with Gasteiger partial charge in [0.25, 0.3) is 5.91 Å². The minimum absolute atomic E-state index is 0.0484. The Hall–Kier alpha value is -1.81. The highest BCUT2D eigenvalue weighted by atomic mass is 32.2. The smallest absolute Gasteiger partial charge is 0.270 e. The molecule has 1 fully saturated rings. The molecule has 1 aliphatic rings. The van der Waals surface area contributed by atoms with Crippen LogP contribution in [0, 0.1) is 0 Å². The third kappa shape index (κ3) is 5.60. The number of nitrogens with one attached hydrogen (secondary N) is 1. The van der Waals surface area contributed by atoms with Gasteiger partial charge in [-0.25, -0.2) is 13.4 Å². The number of benzene rings is 1. The van der Waals surface area contributed by atoms with Crippen LogP contribution in [-0.4, -0.2) is 61.2 Å². The van der Waals surface area contributed by atoms with Gasteiger partial charge in [-0.1, -0.05) is 30.3 Å². The van der Waals surface area contributed by atoms with Gasteiger partial charge in [0.2, 0.25) is 10.0 Å². The number of carbonyl (C=O) groups is 1. The van der Waals surface area contributed by atoms with Crippen LogP contribution in [0.15, 0.2) is 35.7 Å². The van der Waals surface area contributed by atoms with Crippen LogP contribution >= 0.6 is 11.3 Å². The Labute approximate surface area is 169 Å². The highest BCUT2D eigenvalue weighted by molar-refractivity contribution is 7.89. The fourth-order valence-corrected chi connectivity index (χ4v) is 5.44. The second-order valence-electron chi connectivity index (χ2n) is 6.94. The molecule has 1 N–H and O–H groups in total. The van der Waals surface area contributed by atoms with Gasteiger partial charge in [0.15, 0.2) is 0 Å². The van der Waals surface area contributed by atoms with Gasteiger partial charge >= 0.3 is 0 Å². The largest absolute Gasteiger partial charge is 0.373 e. The quantitative estimate of drug-likeness (QED) is 0.735. The zero-order chi connectivity index (χ0) is 20.1. The highest BCUT2D eigenvalue weighted by Gasteiger charge is 2.30. The molecular formula is C19H25N3O4S2. The molecule has 1 amide bonds. The lowest BCUT2D eigenvalue weighted by atomic mass is 10.2. The molecule has 9 heteroatoms. The number of nitrogens with zero attached hydrogens (tertiary/aromatic N) is 2. The van der Waals surface area contributed by atoms with Crippen molar-refractivity contribution in [2.75, 3.05) is 25.4 Å². The number of thiazole rings is 1. The summed E-state index contributed by atoms with van der Waals surface area (Å²) < 4.78 is 32.0. The van der Waals surface area contributed by atoms with E-state index >= 15 is 0 Å². The maximum atomic E-state index is 12.5. The Balaban J connectivity index is 1.50. The first-order valence-electron chi connectivity index (χ1n) is 9.23. The first kappa shape index (κ1) is 20.9. The van der Waals surface area contributed by atoms with Gasteiger partial charge in [-0.2, -0.15) is 4.31 Å². The number of aromatic nitrogens is 1. The van der Waals surface area contributed by atoms with E-state index in [2.05, 4.69) is 10.3 Å². The van der Waals surface area contributed by atoms with Crippen molar-refractivity contribution in [2.24, 2.45) is 0 Å². The molecule has 2 heterocycles. The molecule has 1 saturated heterocycles. The van der Waals surface area contributed by atoms with E-state index in [1.165, 1.54) is 15.6 Å². The van der Waals surface area contributed by atoms with E-state index in [1.807, 2.05) is 44.2 Å². The SMILES string of the molecule is C[C@@H]1CN(S(=O)(=O)CCNC(=O)c2csc(Cc3ccccc3)n2)C[C@@H](C)O1. The van der Waals surface area contributed by atoms with Crippen LogP contribution in [0.4, 0.5) is 0 Å². The van der Waals surface area contributed by atoms with E-state index in [0.29, 0.717) is 25.2 Å². The molecule has 2 aromatic rings. The second-order valence-corrected chi connectivity index (χ2v) is 9.97. The van der Waals surface area contributed by atoms with Crippen molar-refractivity contribution in [3.05, 3.63) is 52.0 Å². The number of morpholine rings is 1. The fourth-order valence-electron chi connectivity index (χ4n) is 3.14. The fraction of sp³-hybridized carbons (Fsp3) is 0.474. The predicted molar refractivity (Wildman–Crippen MR) is 109 cm³/mol. The van der Waals surface area contributed by atoms with Crippen molar-refractivity contribution in [1.82, 2.24) is 14.6 Å². The van der Waals surface area contributed by atoms with E-state index in [9.17, 15) is 13.2 Å². The lowest BCUT2D eigenvalue weighted by Gasteiger charge is -2.34. The molecular weight excluding hydrogens is 398 g/mol. The summed E-state index contributed by atoms with van der Waals surface area (Å²) in [6.45, 7) is 4.45. The molecule has 0 unspecified atom stereocenters. The number of ether oxygens (including phenoxy) is 1. The van der Waals surface area contributed by atoms with Gasteiger partial charge in [0.1, 0.15) is 5.69 Å². The molecule has 152 valence electrons. The van der Waals surface area contributed by atoms with Gasteiger partial charge in [0.05, 0.1) is 23.0 Å². The van der Waals surface area contributed by atoms with Crippen LogP contribution in [0.5, 0.6) is 0 Å². The van der Waals surface area contributed by atoms with Gasteiger partial charge < -0.3 is 10.1 Å². The monoisotopic (exact) mass is 423 g/mol. The molecule has 1 aromatic heterocycles. The standard InChI is InChI=1S/C19H25N3O4S2/c1-14-11-22(12-15(2)26-14)28(24,25)9-8-20-19(23)17-13-27-18(21-17)10-16-6-4-3-5-7-16/h3-7,13-15H,8-12H2,1-2H3,(H,20,23)/t14-,15-/m1/s1. The second kappa shape index (κ2) is 9.13. The Morgan fingerprint density at radius 2 is 1.93 bits per heavy atom. The zero-order valence-corrected chi connectivity index (χ0v) is 17.6. The van der Waals surface area contributed by atoms with Crippen LogP contribution in [0.1, 0.15) is 34.9 Å².